The number of nitrogens with zero attached hydrogens (tertiary/aromatic N) is 1. The topological polar surface area (TPSA) is 91.3 Å². The van der Waals surface area contributed by atoms with Gasteiger partial charge in [0.25, 0.3) is 0 Å². The van der Waals surface area contributed by atoms with E-state index < -0.39 is 30.4 Å². The van der Waals surface area contributed by atoms with Crippen LogP contribution in [0.3, 0.4) is 0 Å². The van der Waals surface area contributed by atoms with Crippen LogP contribution < -0.4 is 0 Å². The maximum absolute atomic E-state index is 11.8. The van der Waals surface area contributed by atoms with Crippen molar-refractivity contribution in [1.29, 1.82) is 0 Å². The second-order valence-electron chi connectivity index (χ2n) is 8.93. The zero-order chi connectivity index (χ0) is 22.2. The van der Waals surface area contributed by atoms with Crippen molar-refractivity contribution in [3.8, 4) is 0 Å². The highest BCUT2D eigenvalue weighted by molar-refractivity contribution is 7.47. The van der Waals surface area contributed by atoms with E-state index in [4.69, 9.17) is 17.9 Å². The van der Waals surface area contributed by atoms with E-state index in [1.54, 1.807) is 6.92 Å². The molecule has 0 aliphatic rings. The van der Waals surface area contributed by atoms with Crippen LogP contribution in [0.1, 0.15) is 20.3 Å². The van der Waals surface area contributed by atoms with E-state index in [1.165, 1.54) is 0 Å². The summed E-state index contributed by atoms with van der Waals surface area (Å²) < 4.78 is 34.0. The molecule has 0 rings (SSSR count). The summed E-state index contributed by atoms with van der Waals surface area (Å²) in [4.78, 5) is 21.3. The van der Waals surface area contributed by atoms with E-state index in [1.807, 2.05) is 34.1 Å². The van der Waals surface area contributed by atoms with Crippen LogP contribution in [-0.4, -0.2) is 78.2 Å². The summed E-state index contributed by atoms with van der Waals surface area (Å²) in [6, 6.07) is 0. The smallest absolute Gasteiger partial charge is 0.463 e. The van der Waals surface area contributed by atoms with Crippen molar-refractivity contribution >= 4 is 30.4 Å². The lowest BCUT2D eigenvalue weighted by Crippen LogP contribution is -2.58. The minimum atomic E-state index is -3.99. The molecule has 0 aromatic rings. The van der Waals surface area contributed by atoms with Crippen molar-refractivity contribution in [2.75, 3.05) is 46.3 Å². The second kappa shape index (κ2) is 11.2. The molecule has 0 saturated heterocycles. The van der Waals surface area contributed by atoms with Gasteiger partial charge >= 0.3 is 13.8 Å². The molecule has 28 heavy (non-hydrogen) atoms. The molecule has 0 aliphatic heterocycles. The average molecular weight is 457 g/mol. The molecule has 1 atom stereocenters. The fourth-order valence-electron chi connectivity index (χ4n) is 2.93. The Labute approximate surface area is 172 Å². The third-order valence-electron chi connectivity index (χ3n) is 3.67. The van der Waals surface area contributed by atoms with Crippen molar-refractivity contribution in [3.63, 3.8) is 0 Å². The minimum absolute atomic E-state index is 0.117. The highest BCUT2D eigenvalue weighted by Gasteiger charge is 2.39. The Balaban J connectivity index is 4.64. The molecule has 8 nitrogen and oxygen atoms in total. The first-order chi connectivity index (χ1) is 12.5. The quantitative estimate of drug-likeness (QED) is 0.141. The number of esters is 1. The predicted octanol–water partition coefficient (Wildman–Crippen LogP) is 3.23. The normalized spacial score (nSPS) is 15.2. The molecule has 11 heteroatoms. The van der Waals surface area contributed by atoms with Gasteiger partial charge in [0.15, 0.2) is 0 Å². The van der Waals surface area contributed by atoms with Gasteiger partial charge in [-0.3, -0.25) is 9.05 Å². The van der Waals surface area contributed by atoms with Gasteiger partial charge in [0, 0.05) is 5.57 Å². The van der Waals surface area contributed by atoms with E-state index in [-0.39, 0.29) is 19.4 Å². The van der Waals surface area contributed by atoms with Gasteiger partial charge < -0.3 is 18.2 Å². The van der Waals surface area contributed by atoms with Crippen molar-refractivity contribution in [1.82, 2.24) is 0 Å². The Morgan fingerprint density at radius 2 is 1.64 bits per heavy atom. The number of quaternary nitrogens is 1. The fraction of sp³-hybridized carbons (Fsp3) is 0.824. The molecule has 1 N–H and O–H groups in total. The third-order valence-corrected chi connectivity index (χ3v) is 11.6. The van der Waals surface area contributed by atoms with Gasteiger partial charge in [0.2, 0.25) is 16.6 Å². The van der Waals surface area contributed by atoms with Crippen LogP contribution in [0.2, 0.25) is 26.2 Å². The monoisotopic (exact) mass is 456 g/mol. The second-order valence-corrected chi connectivity index (χ2v) is 18.8. The van der Waals surface area contributed by atoms with Crippen LogP contribution >= 0.6 is 7.82 Å². The summed E-state index contributed by atoms with van der Waals surface area (Å²) in [6.45, 7) is 16.2. The number of ether oxygens (including phenoxy) is 1. The fourth-order valence-corrected chi connectivity index (χ4v) is 12.9. The maximum atomic E-state index is 11.8. The molecule has 1 unspecified atom stereocenters. The molecule has 166 valence electrons. The molecule has 0 aromatic heterocycles. The van der Waals surface area contributed by atoms with E-state index in [9.17, 15) is 14.3 Å². The van der Waals surface area contributed by atoms with Gasteiger partial charge in [-0.05, 0) is 39.5 Å². The summed E-state index contributed by atoms with van der Waals surface area (Å²) in [5.41, 5.74) is 0.378. The van der Waals surface area contributed by atoms with Crippen molar-refractivity contribution in [3.05, 3.63) is 12.2 Å². The molecule has 0 radical (unpaired) electrons. The van der Waals surface area contributed by atoms with E-state index in [0.29, 0.717) is 23.0 Å². The zero-order valence-electron chi connectivity index (χ0n) is 18.7. The first kappa shape index (κ1) is 27.7. The van der Waals surface area contributed by atoms with Crippen LogP contribution in [0.15, 0.2) is 12.2 Å². The zero-order valence-corrected chi connectivity index (χ0v) is 21.6. The van der Waals surface area contributed by atoms with Crippen LogP contribution in [0, 0.1) is 0 Å². The lowest BCUT2D eigenvalue weighted by atomic mass is 10.4. The first-order valence-corrected chi connectivity index (χ1v) is 17.2. The van der Waals surface area contributed by atoms with Gasteiger partial charge in [-0.2, -0.15) is 0 Å². The molecule has 0 fully saturated rings. The van der Waals surface area contributed by atoms with Crippen molar-refractivity contribution in [2.24, 2.45) is 0 Å². The number of hydrogen-bond donors (Lipinski definition) is 1. The van der Waals surface area contributed by atoms with Crippen LogP contribution in [0.4, 0.5) is 0 Å². The number of carbonyl (C=O) groups is 1. The molecule has 0 bridgehead atoms. The number of rotatable bonds is 14. The average Bonchev–Trinajstić information content (AvgIpc) is 2.47. The van der Waals surface area contributed by atoms with E-state index >= 15 is 0 Å². The largest absolute Gasteiger partial charge is 0.472 e. The lowest BCUT2D eigenvalue weighted by Gasteiger charge is -2.39. The molecule has 0 aromatic carbocycles. The van der Waals surface area contributed by atoms with Gasteiger partial charge in [0.1, 0.15) is 19.4 Å². The van der Waals surface area contributed by atoms with Gasteiger partial charge in [-0.25, -0.2) is 9.36 Å². The number of phosphoric ester groups is 1. The minimum Gasteiger partial charge on any atom is -0.463 e. The maximum Gasteiger partial charge on any atom is 0.472 e. The Kier molecular flexibility index (Phi) is 11.0. The molecular formula is C17H39NO7PSi2+. The Morgan fingerprint density at radius 3 is 2.14 bits per heavy atom. The third kappa shape index (κ3) is 13.0. The number of likely N-dealkylation sites (N-methyl/N-ethyl adjacent to an activating group) is 1. The number of phosphoric acid groups is 1. The highest BCUT2D eigenvalue weighted by atomic mass is 31.2. The summed E-state index contributed by atoms with van der Waals surface area (Å²) in [5, 5.41) is 0. The van der Waals surface area contributed by atoms with Gasteiger partial charge in [0.05, 0.1) is 26.9 Å². The number of hydrogen-bond acceptors (Lipinski definition) is 6. The van der Waals surface area contributed by atoms with Gasteiger partial charge in [-0.1, -0.05) is 13.5 Å². The van der Waals surface area contributed by atoms with Gasteiger partial charge in [-0.15, -0.1) is 0 Å². The summed E-state index contributed by atoms with van der Waals surface area (Å²) in [7, 11) is -4.20. The number of carbonyl (C=O) groups excluding carboxylic acids is 1. The van der Waals surface area contributed by atoms with Crippen LogP contribution in [-0.2, 0) is 27.3 Å². The molecule has 0 amide bonds. The molecular weight excluding hydrogens is 417 g/mol. The molecule has 0 heterocycles. The van der Waals surface area contributed by atoms with Crippen LogP contribution in [0.25, 0.3) is 0 Å². The van der Waals surface area contributed by atoms with Crippen molar-refractivity contribution < 1.29 is 36.6 Å². The molecule has 0 aliphatic carbocycles. The predicted molar refractivity (Wildman–Crippen MR) is 116 cm³/mol. The SMILES string of the molecule is C=C(C)C(=O)OC[Si](C)(C)O[Si](C)(C)C[N+](C)(C)CCOP(=O)(O)OCCC. The highest BCUT2D eigenvalue weighted by Crippen LogP contribution is 2.43. The summed E-state index contributed by atoms with van der Waals surface area (Å²) >= 11 is 0. The lowest BCUT2D eigenvalue weighted by molar-refractivity contribution is -0.881. The summed E-state index contributed by atoms with van der Waals surface area (Å²) in [5.74, 6) is -0.393. The van der Waals surface area contributed by atoms with Crippen molar-refractivity contribution in [2.45, 2.75) is 46.5 Å². The summed E-state index contributed by atoms with van der Waals surface area (Å²) in [6.07, 6.45) is 1.72. The molecule has 0 saturated carbocycles. The van der Waals surface area contributed by atoms with E-state index in [2.05, 4.69) is 19.7 Å². The Bertz CT molecular complexity index is 582. The first-order valence-electron chi connectivity index (χ1n) is 9.47. The van der Waals surface area contributed by atoms with E-state index in [0.717, 1.165) is 6.17 Å². The molecule has 0 spiro atoms. The Morgan fingerprint density at radius 1 is 1.11 bits per heavy atom. The van der Waals surface area contributed by atoms with Crippen LogP contribution in [0.5, 0.6) is 0 Å². The standard InChI is InChI=1S/C17H38NO7PSi2/c1-10-12-23-26(20,21)24-13-11-18(4,5)14-27(6,7)25-28(8,9)15-22-17(19)16(2)3/h2,10-15H2,1,3-9H3/p+1. The Hall–Kier alpha value is -0.326.